The molecule has 0 aromatic heterocycles. The van der Waals surface area contributed by atoms with Crippen LogP contribution in [0.5, 0.6) is 0 Å². The number of allylic oxidation sites excluding steroid dienone is 2. The van der Waals surface area contributed by atoms with Crippen LogP contribution in [-0.4, -0.2) is 50.2 Å². The third kappa shape index (κ3) is 23.2. The summed E-state index contributed by atoms with van der Waals surface area (Å²) < 4.78 is 0. The maximum absolute atomic E-state index is 8.03. The molecule has 26 heavy (non-hydrogen) atoms. The van der Waals surface area contributed by atoms with Crippen molar-refractivity contribution in [3.8, 4) is 0 Å². The molecule has 0 aromatic carbocycles. The topological polar surface area (TPSA) is 196 Å². The number of rotatable bonds is 2. The van der Waals surface area contributed by atoms with Crippen LogP contribution in [0.15, 0.2) is 45.1 Å². The molecule has 13 heteroatoms. The van der Waals surface area contributed by atoms with E-state index in [-0.39, 0.29) is 16.8 Å². The first-order valence-electron chi connectivity index (χ1n) is 6.60. The average Bonchev–Trinajstić information content (AvgIpc) is 2.68. The maximum atomic E-state index is 8.03. The standard InChI is InChI=1S/C5H6N.2C4H8N2O2.Co.HN3/c1-2-4-6-5-3-1;2*1-3(5-7)4(2)6-8;;1-3-2/h1-4H,5H2;2*7-8H,1-2H3;;1H/q-1;;;;. The Bertz CT molecular complexity index is 489. The van der Waals surface area contributed by atoms with E-state index < -0.39 is 0 Å². The van der Waals surface area contributed by atoms with Gasteiger partial charge in [-0.15, -0.1) is 18.0 Å². The Morgan fingerprint density at radius 3 is 1.27 bits per heavy atom. The zero-order valence-corrected chi connectivity index (χ0v) is 15.8. The minimum atomic E-state index is 0. The van der Waals surface area contributed by atoms with Crippen molar-refractivity contribution in [2.45, 2.75) is 27.7 Å². The first-order valence-corrected chi connectivity index (χ1v) is 6.60. The number of hydrogen-bond acceptors (Lipinski definition) is 9. The average molecular weight is 414 g/mol. The van der Waals surface area contributed by atoms with Crippen LogP contribution in [0.3, 0.4) is 0 Å². The molecule has 1 radical (unpaired) electrons. The zero-order valence-electron chi connectivity index (χ0n) is 14.8. The van der Waals surface area contributed by atoms with E-state index >= 15 is 0 Å². The summed E-state index contributed by atoms with van der Waals surface area (Å²) in [6, 6.07) is 0. The third-order valence-electron chi connectivity index (χ3n) is 2.30. The molecule has 0 fully saturated rings. The van der Waals surface area contributed by atoms with E-state index in [1.165, 1.54) is 27.7 Å². The summed E-state index contributed by atoms with van der Waals surface area (Å²) in [5, 5.41) is 55.8. The third-order valence-corrected chi connectivity index (χ3v) is 2.30. The Balaban J connectivity index is -0.000000128. The summed E-state index contributed by atoms with van der Waals surface area (Å²) >= 11 is 0. The number of nitrogens with one attached hydrogen (secondary N) is 1. The van der Waals surface area contributed by atoms with Gasteiger partial charge in [0, 0.05) is 16.8 Å². The molecule has 0 unspecified atom stereocenters. The fourth-order valence-corrected chi connectivity index (χ4v) is 0.661. The Morgan fingerprint density at radius 1 is 0.885 bits per heavy atom. The predicted octanol–water partition coefficient (Wildman–Crippen LogP) is 3.62. The van der Waals surface area contributed by atoms with Crippen LogP contribution >= 0.6 is 0 Å². The van der Waals surface area contributed by atoms with Gasteiger partial charge in [-0.05, 0) is 27.7 Å². The first kappa shape index (κ1) is 30.7. The Kier molecular flexibility index (Phi) is 28.5. The van der Waals surface area contributed by atoms with Gasteiger partial charge in [0.05, 0.1) is 5.08 Å². The minimum Gasteiger partial charge on any atom is -0.687 e. The quantitative estimate of drug-likeness (QED) is 0.231. The summed E-state index contributed by atoms with van der Waals surface area (Å²) in [7, 11) is 0. The van der Waals surface area contributed by atoms with Gasteiger partial charge >= 0.3 is 0 Å². The molecule has 0 atom stereocenters. The Morgan fingerprint density at radius 2 is 1.19 bits per heavy atom. The molecule has 12 nitrogen and oxygen atoms in total. The van der Waals surface area contributed by atoms with Gasteiger partial charge in [-0.3, -0.25) is 0 Å². The van der Waals surface area contributed by atoms with Crippen LogP contribution < -0.4 is 0 Å². The Hall–Kier alpha value is -3.11. The number of hydrogen-bond donors (Lipinski definition) is 4. The molecule has 1 aliphatic heterocycles. The maximum Gasteiger partial charge on any atom is 0.101 e. The van der Waals surface area contributed by atoms with Gasteiger partial charge in [0.2, 0.25) is 0 Å². The molecular formula is C13H23CoN8O4-. The van der Waals surface area contributed by atoms with E-state index in [4.69, 9.17) is 32.1 Å². The van der Waals surface area contributed by atoms with Crippen molar-refractivity contribution in [1.29, 1.82) is 5.39 Å². The fourth-order valence-electron chi connectivity index (χ4n) is 0.661. The number of oxime groups is 4. The Labute approximate surface area is 161 Å². The van der Waals surface area contributed by atoms with E-state index in [9.17, 15) is 0 Å². The van der Waals surface area contributed by atoms with Crippen LogP contribution in [0, 0.1) is 5.39 Å². The van der Waals surface area contributed by atoms with Crippen molar-refractivity contribution < 1.29 is 37.6 Å². The van der Waals surface area contributed by atoms with Gasteiger partial charge in [0.1, 0.15) is 22.8 Å². The molecular weight excluding hydrogens is 391 g/mol. The van der Waals surface area contributed by atoms with Crippen molar-refractivity contribution in [3.63, 3.8) is 0 Å². The van der Waals surface area contributed by atoms with Gasteiger partial charge in [0.25, 0.3) is 0 Å². The van der Waals surface area contributed by atoms with Gasteiger partial charge in [-0.1, -0.05) is 38.6 Å². The molecule has 0 spiro atoms. The van der Waals surface area contributed by atoms with E-state index in [1.807, 2.05) is 18.2 Å². The van der Waals surface area contributed by atoms with Crippen molar-refractivity contribution >= 4 is 22.8 Å². The molecule has 1 rings (SSSR count). The molecule has 5 N–H and O–H groups in total. The molecule has 0 bridgehead atoms. The molecule has 0 aliphatic carbocycles. The summed E-state index contributed by atoms with van der Waals surface area (Å²) in [4.78, 5) is 0. The van der Waals surface area contributed by atoms with E-state index in [2.05, 4.69) is 25.9 Å². The van der Waals surface area contributed by atoms with Crippen LogP contribution in [0.25, 0.3) is 16.2 Å². The van der Waals surface area contributed by atoms with Crippen molar-refractivity contribution in [3.05, 3.63) is 40.7 Å². The zero-order chi connectivity index (χ0) is 20.1. The molecule has 149 valence electrons. The largest absolute Gasteiger partial charge is 0.687 e. The summed E-state index contributed by atoms with van der Waals surface area (Å²) in [5.74, 6) is 5.39. The smallest absolute Gasteiger partial charge is 0.101 e. The van der Waals surface area contributed by atoms with Gasteiger partial charge < -0.3 is 26.1 Å². The molecule has 0 aromatic rings. The SMILES string of the molecule is C1=CC[N-]C=C1.CC(=NO)C(C)=NO.CC(=NO)C(C)=NO.N#[N+][NH-].[Co]. The van der Waals surface area contributed by atoms with Crippen LogP contribution in [0.1, 0.15) is 27.7 Å². The molecule has 0 saturated carbocycles. The fraction of sp³-hybridized carbons (Fsp3) is 0.385. The van der Waals surface area contributed by atoms with Crippen LogP contribution in [0.4, 0.5) is 0 Å². The van der Waals surface area contributed by atoms with Gasteiger partial charge in [-0.2, -0.15) is 6.20 Å². The minimum absolute atomic E-state index is 0. The van der Waals surface area contributed by atoms with Crippen molar-refractivity contribution in [1.82, 2.24) is 0 Å². The molecule has 0 saturated heterocycles. The van der Waals surface area contributed by atoms with Gasteiger partial charge in [-0.25, -0.2) is 0 Å². The number of nitrogens with zero attached hydrogens (tertiary/aromatic N) is 7. The second-order valence-corrected chi connectivity index (χ2v) is 3.98. The second-order valence-electron chi connectivity index (χ2n) is 3.98. The van der Waals surface area contributed by atoms with Gasteiger partial charge in [0.15, 0.2) is 0 Å². The summed E-state index contributed by atoms with van der Waals surface area (Å²) in [6.07, 6.45) is 7.73. The second kappa shape index (κ2) is 24.1. The monoisotopic (exact) mass is 414 g/mol. The van der Waals surface area contributed by atoms with Crippen LogP contribution in [0.2, 0.25) is 0 Å². The predicted molar refractivity (Wildman–Crippen MR) is 95.5 cm³/mol. The van der Waals surface area contributed by atoms with E-state index in [0.29, 0.717) is 22.8 Å². The van der Waals surface area contributed by atoms with E-state index in [1.54, 1.807) is 11.3 Å². The normalized spacial score (nSPS) is 13.0. The summed E-state index contributed by atoms with van der Waals surface area (Å²) in [5.41, 5.74) is 1.25. The first-order chi connectivity index (χ1) is 11.9. The number of diazo groups is 1. The van der Waals surface area contributed by atoms with E-state index in [0.717, 1.165) is 6.54 Å². The summed E-state index contributed by atoms with van der Waals surface area (Å²) in [6.45, 7) is 7.00. The van der Waals surface area contributed by atoms with Crippen LogP contribution in [-0.2, 0) is 16.8 Å². The van der Waals surface area contributed by atoms with Crippen molar-refractivity contribution in [2.24, 2.45) is 20.6 Å². The molecule has 0 amide bonds. The molecule has 1 heterocycles. The van der Waals surface area contributed by atoms with Crippen molar-refractivity contribution in [2.75, 3.05) is 6.54 Å². The molecule has 1 aliphatic rings.